The minimum absolute atomic E-state index is 0.0563. The lowest BCUT2D eigenvalue weighted by molar-refractivity contribution is 0.0838. The number of hydrogen-bond donors (Lipinski definition) is 2. The highest BCUT2D eigenvalue weighted by molar-refractivity contribution is 6.13. The van der Waals surface area contributed by atoms with Crippen LogP contribution in [0.2, 0.25) is 0 Å². The van der Waals surface area contributed by atoms with E-state index in [1.807, 2.05) is 0 Å². The van der Waals surface area contributed by atoms with E-state index >= 15 is 0 Å². The Labute approximate surface area is 89.6 Å². The van der Waals surface area contributed by atoms with Crippen LogP contribution in [0.3, 0.4) is 0 Å². The summed E-state index contributed by atoms with van der Waals surface area (Å²) in [4.78, 5) is 44.6. The topological polar surface area (TPSA) is 92.3 Å². The maximum absolute atomic E-state index is 11.5. The third kappa shape index (κ3) is 1.28. The lowest BCUT2D eigenvalue weighted by Crippen LogP contribution is -2.44. The fourth-order valence-corrected chi connectivity index (χ4v) is 1.53. The molecular formula is C10H6N2O4. The van der Waals surface area contributed by atoms with Gasteiger partial charge in [0.2, 0.25) is 0 Å². The fourth-order valence-electron chi connectivity index (χ4n) is 1.53. The molecule has 6 nitrogen and oxygen atoms in total. The number of benzene rings is 1. The molecule has 0 fully saturated rings. The molecule has 0 spiro atoms. The van der Waals surface area contributed by atoms with Crippen LogP contribution in [-0.2, 0) is 0 Å². The van der Waals surface area contributed by atoms with Crippen LogP contribution in [0, 0.1) is 0 Å². The second-order valence-electron chi connectivity index (χ2n) is 3.13. The van der Waals surface area contributed by atoms with E-state index in [4.69, 9.17) is 0 Å². The number of carbonyl (C=O) groups excluding carboxylic acids is 4. The Morgan fingerprint density at radius 2 is 1.19 bits per heavy atom. The predicted molar refractivity (Wildman–Crippen MR) is 52.1 cm³/mol. The molecule has 1 aromatic carbocycles. The van der Waals surface area contributed by atoms with Crippen molar-refractivity contribution in [3.05, 3.63) is 34.4 Å². The number of carbonyl (C=O) groups is 4. The summed E-state index contributed by atoms with van der Waals surface area (Å²) in [5.74, 6) is -1.27. The molecule has 0 saturated carbocycles. The van der Waals surface area contributed by atoms with E-state index < -0.39 is 11.8 Å². The molecule has 2 aliphatic heterocycles. The van der Waals surface area contributed by atoms with Gasteiger partial charge in [-0.3, -0.25) is 30.0 Å². The van der Waals surface area contributed by atoms with Crippen LogP contribution in [0.4, 0.5) is 0 Å². The number of rotatable bonds is 2. The van der Waals surface area contributed by atoms with Gasteiger partial charge >= 0.3 is 0 Å². The highest BCUT2D eigenvalue weighted by atomic mass is 16.2. The molecular weight excluding hydrogens is 212 g/mol. The number of amides is 2. The smallest absolute Gasteiger partial charge is 0.270 e. The van der Waals surface area contributed by atoms with Gasteiger partial charge in [-0.15, -0.1) is 0 Å². The number of aldehydes is 2. The first-order valence-corrected chi connectivity index (χ1v) is 4.37. The number of fused-ring (bicyclic) bond motifs is 5. The Bertz CT molecular complexity index is 475. The van der Waals surface area contributed by atoms with Gasteiger partial charge in [-0.05, 0) is 12.1 Å². The van der Waals surface area contributed by atoms with Crippen LogP contribution in [0.15, 0.2) is 12.1 Å². The largest absolute Gasteiger partial charge is 0.298 e. The Morgan fingerprint density at radius 3 is 1.50 bits per heavy atom. The van der Waals surface area contributed by atoms with Gasteiger partial charge in [-0.25, -0.2) is 0 Å². The molecule has 2 bridgehead atoms. The number of nitrogens with one attached hydrogen (secondary N) is 2. The molecule has 16 heavy (non-hydrogen) atoms. The van der Waals surface area contributed by atoms with E-state index in [0.717, 1.165) is 0 Å². The SMILES string of the molecule is O=Cc1c2ccc(c1C=O)C(=O)NNC2=O. The first kappa shape index (κ1) is 10.0. The summed E-state index contributed by atoms with van der Waals surface area (Å²) >= 11 is 0. The van der Waals surface area contributed by atoms with Crippen molar-refractivity contribution in [1.29, 1.82) is 0 Å². The van der Waals surface area contributed by atoms with E-state index in [1.165, 1.54) is 12.1 Å². The molecule has 3 rings (SSSR count). The molecule has 80 valence electrons. The third-order valence-corrected chi connectivity index (χ3v) is 2.30. The minimum atomic E-state index is -0.634. The van der Waals surface area contributed by atoms with Crippen molar-refractivity contribution in [2.24, 2.45) is 0 Å². The van der Waals surface area contributed by atoms with Gasteiger partial charge in [0.05, 0.1) is 11.1 Å². The lowest BCUT2D eigenvalue weighted by Gasteiger charge is -2.16. The average molecular weight is 218 g/mol. The van der Waals surface area contributed by atoms with Gasteiger partial charge < -0.3 is 0 Å². The molecule has 2 N–H and O–H groups in total. The Kier molecular flexibility index (Phi) is 2.24. The summed E-state index contributed by atoms with van der Waals surface area (Å²) in [5, 5.41) is 0. The summed E-state index contributed by atoms with van der Waals surface area (Å²) in [7, 11) is 0. The van der Waals surface area contributed by atoms with Gasteiger partial charge in [-0.2, -0.15) is 0 Å². The quantitative estimate of drug-likeness (QED) is 0.666. The summed E-state index contributed by atoms with van der Waals surface area (Å²) in [6.07, 6.45) is 0.779. The lowest BCUT2D eigenvalue weighted by atomic mass is 9.96. The zero-order chi connectivity index (χ0) is 11.7. The molecule has 0 saturated heterocycles. The van der Waals surface area contributed by atoms with Crippen molar-refractivity contribution < 1.29 is 19.2 Å². The van der Waals surface area contributed by atoms with E-state index in [2.05, 4.69) is 10.9 Å². The van der Waals surface area contributed by atoms with Crippen molar-refractivity contribution in [1.82, 2.24) is 10.9 Å². The zero-order valence-electron chi connectivity index (χ0n) is 7.94. The van der Waals surface area contributed by atoms with Crippen molar-refractivity contribution >= 4 is 24.4 Å². The van der Waals surface area contributed by atoms with Crippen LogP contribution in [0.25, 0.3) is 0 Å². The van der Waals surface area contributed by atoms with Crippen molar-refractivity contribution in [3.8, 4) is 0 Å². The van der Waals surface area contributed by atoms with Gasteiger partial charge in [0.1, 0.15) is 0 Å². The van der Waals surface area contributed by atoms with Crippen molar-refractivity contribution in [2.45, 2.75) is 0 Å². The summed E-state index contributed by atoms with van der Waals surface area (Å²) in [6, 6.07) is 2.67. The maximum Gasteiger partial charge on any atom is 0.270 e. The average Bonchev–Trinajstić information content (AvgIpc) is 2.31. The van der Waals surface area contributed by atoms with Crippen LogP contribution < -0.4 is 10.9 Å². The first-order chi connectivity index (χ1) is 7.69. The zero-order valence-corrected chi connectivity index (χ0v) is 7.94. The van der Waals surface area contributed by atoms with E-state index in [9.17, 15) is 19.2 Å². The fraction of sp³-hybridized carbons (Fsp3) is 0. The Morgan fingerprint density at radius 1 is 0.812 bits per heavy atom. The molecule has 2 heterocycles. The van der Waals surface area contributed by atoms with Crippen LogP contribution in [-0.4, -0.2) is 24.4 Å². The Hall–Kier alpha value is -2.50. The highest BCUT2D eigenvalue weighted by Gasteiger charge is 2.24. The number of hydrogen-bond acceptors (Lipinski definition) is 4. The third-order valence-electron chi connectivity index (χ3n) is 2.30. The molecule has 0 aromatic heterocycles. The highest BCUT2D eigenvalue weighted by Crippen LogP contribution is 2.18. The summed E-state index contributed by atoms with van der Waals surface area (Å²) in [5.41, 5.74) is 4.21. The van der Waals surface area contributed by atoms with Gasteiger partial charge in [0, 0.05) is 11.1 Å². The van der Waals surface area contributed by atoms with Crippen molar-refractivity contribution in [3.63, 3.8) is 0 Å². The summed E-state index contributed by atoms with van der Waals surface area (Å²) in [6.45, 7) is 0. The minimum Gasteiger partial charge on any atom is -0.298 e. The standard InChI is InChI=1S/C10H6N2O4/c13-3-7-5-1-2-6(8(7)4-14)10(16)12-11-9(5)15/h1-4H,(H,11,15)(H,12,16). The Balaban J connectivity index is 2.84. The second kappa shape index (κ2) is 3.58. The monoisotopic (exact) mass is 218 g/mol. The molecule has 6 heteroatoms. The summed E-state index contributed by atoms with van der Waals surface area (Å²) < 4.78 is 0. The van der Waals surface area contributed by atoms with Gasteiger partial charge in [0.25, 0.3) is 11.8 Å². The van der Waals surface area contributed by atoms with Crippen LogP contribution in [0.5, 0.6) is 0 Å². The molecule has 0 radical (unpaired) electrons. The second-order valence-corrected chi connectivity index (χ2v) is 3.13. The molecule has 0 unspecified atom stereocenters. The molecule has 2 amide bonds. The van der Waals surface area contributed by atoms with Gasteiger partial charge in [0.15, 0.2) is 12.6 Å². The van der Waals surface area contributed by atoms with Crippen molar-refractivity contribution in [2.75, 3.05) is 0 Å². The van der Waals surface area contributed by atoms with E-state index in [1.54, 1.807) is 0 Å². The van der Waals surface area contributed by atoms with E-state index in [0.29, 0.717) is 12.6 Å². The van der Waals surface area contributed by atoms with Crippen LogP contribution >= 0.6 is 0 Å². The predicted octanol–water partition coefficient (Wildman–Crippen LogP) is -0.300. The molecule has 2 aliphatic rings. The molecule has 0 atom stereocenters. The normalized spacial score (nSPS) is 13.5. The van der Waals surface area contributed by atoms with Gasteiger partial charge in [-0.1, -0.05) is 0 Å². The van der Waals surface area contributed by atoms with E-state index in [-0.39, 0.29) is 22.3 Å². The number of hydrazine groups is 1. The first-order valence-electron chi connectivity index (χ1n) is 4.37. The molecule has 1 aromatic rings. The maximum atomic E-state index is 11.5. The molecule has 0 aliphatic carbocycles. The van der Waals surface area contributed by atoms with Crippen LogP contribution in [0.1, 0.15) is 41.4 Å².